The van der Waals surface area contributed by atoms with Gasteiger partial charge in [-0.2, -0.15) is 0 Å². The molecule has 3 rings (SSSR count). The predicted octanol–water partition coefficient (Wildman–Crippen LogP) is 3.02. The Morgan fingerprint density at radius 2 is 2.14 bits per heavy atom. The van der Waals surface area contributed by atoms with Crippen molar-refractivity contribution < 1.29 is 9.84 Å². The maximum atomic E-state index is 10.2. The lowest BCUT2D eigenvalue weighted by Crippen LogP contribution is -2.49. The lowest BCUT2D eigenvalue weighted by molar-refractivity contribution is 0.114. The number of thiophene rings is 1. The smallest absolute Gasteiger partial charge is 0.191 e. The van der Waals surface area contributed by atoms with E-state index in [1.807, 2.05) is 38.1 Å². The molecule has 3 N–H and O–H groups in total. The van der Waals surface area contributed by atoms with Crippen LogP contribution >= 0.6 is 11.3 Å². The Hall–Kier alpha value is -2.25. The van der Waals surface area contributed by atoms with E-state index in [4.69, 9.17) is 4.74 Å². The fraction of sp³-hybridized carbons (Fsp3) is 0.500. The SMILES string of the molecule is CCNC(=NCC(O)COc1cccc(C)c1)NC1CCN(c2cccs2)CC1. The monoisotopic (exact) mass is 416 g/mol. The number of aliphatic hydroxyl groups excluding tert-OH is 1. The number of aryl methyl sites for hydroxylation is 1. The van der Waals surface area contributed by atoms with Crippen molar-refractivity contribution in [1.29, 1.82) is 0 Å². The molecule has 1 unspecified atom stereocenters. The van der Waals surface area contributed by atoms with Crippen molar-refractivity contribution in [2.24, 2.45) is 4.99 Å². The molecule has 0 spiro atoms. The molecule has 1 aromatic heterocycles. The quantitative estimate of drug-likeness (QED) is 0.456. The number of aliphatic hydroxyl groups is 1. The summed E-state index contributed by atoms with van der Waals surface area (Å²) >= 11 is 1.80. The zero-order valence-corrected chi connectivity index (χ0v) is 18.1. The molecule has 1 aromatic carbocycles. The van der Waals surface area contributed by atoms with Gasteiger partial charge in [0.2, 0.25) is 0 Å². The lowest BCUT2D eigenvalue weighted by atomic mass is 10.1. The number of aliphatic imine (C=N–C) groups is 1. The fourth-order valence-corrected chi connectivity index (χ4v) is 4.14. The van der Waals surface area contributed by atoms with Gasteiger partial charge in [-0.05, 0) is 61.9 Å². The number of piperidine rings is 1. The summed E-state index contributed by atoms with van der Waals surface area (Å²) < 4.78 is 5.67. The zero-order chi connectivity index (χ0) is 20.5. The molecule has 1 aliphatic rings. The Bertz CT molecular complexity index is 758. The molecule has 1 atom stereocenters. The van der Waals surface area contributed by atoms with Gasteiger partial charge in [-0.15, -0.1) is 11.3 Å². The Morgan fingerprint density at radius 3 is 2.83 bits per heavy atom. The van der Waals surface area contributed by atoms with Crippen LogP contribution in [-0.2, 0) is 0 Å². The van der Waals surface area contributed by atoms with Gasteiger partial charge in [0.15, 0.2) is 5.96 Å². The summed E-state index contributed by atoms with van der Waals surface area (Å²) in [5.74, 6) is 1.53. The molecule has 0 saturated carbocycles. The third-order valence-electron chi connectivity index (χ3n) is 4.89. The highest BCUT2D eigenvalue weighted by Crippen LogP contribution is 2.24. The highest BCUT2D eigenvalue weighted by Gasteiger charge is 2.20. The van der Waals surface area contributed by atoms with Crippen LogP contribution in [0.25, 0.3) is 0 Å². The van der Waals surface area contributed by atoms with E-state index in [2.05, 4.69) is 38.0 Å². The highest BCUT2D eigenvalue weighted by molar-refractivity contribution is 7.14. The molecule has 1 saturated heterocycles. The van der Waals surface area contributed by atoms with Gasteiger partial charge in [0.25, 0.3) is 0 Å². The van der Waals surface area contributed by atoms with Crippen LogP contribution in [0.15, 0.2) is 46.8 Å². The Morgan fingerprint density at radius 1 is 1.31 bits per heavy atom. The summed E-state index contributed by atoms with van der Waals surface area (Å²) in [7, 11) is 0. The molecule has 158 valence electrons. The summed E-state index contributed by atoms with van der Waals surface area (Å²) in [4.78, 5) is 7.00. The second-order valence-corrected chi connectivity index (χ2v) is 8.28. The van der Waals surface area contributed by atoms with Crippen LogP contribution in [0.5, 0.6) is 5.75 Å². The largest absolute Gasteiger partial charge is 0.491 e. The summed E-state index contributed by atoms with van der Waals surface area (Å²) in [6.45, 7) is 7.48. The third-order valence-corrected chi connectivity index (χ3v) is 5.82. The fourth-order valence-electron chi connectivity index (χ4n) is 3.35. The molecule has 0 radical (unpaired) electrons. The first-order valence-electron chi connectivity index (χ1n) is 10.3. The Kier molecular flexibility index (Phi) is 8.19. The average Bonchev–Trinajstić information content (AvgIpc) is 3.26. The third kappa shape index (κ3) is 6.94. The van der Waals surface area contributed by atoms with E-state index in [1.165, 1.54) is 5.00 Å². The van der Waals surface area contributed by atoms with E-state index >= 15 is 0 Å². The van der Waals surface area contributed by atoms with Crippen LogP contribution in [0.2, 0.25) is 0 Å². The predicted molar refractivity (Wildman–Crippen MR) is 121 cm³/mol. The number of nitrogens with one attached hydrogen (secondary N) is 2. The first-order valence-corrected chi connectivity index (χ1v) is 11.2. The standard InChI is InChI=1S/C22H32N4O2S/c1-3-23-22(24-15-19(27)16-28-20-7-4-6-17(2)14-20)25-18-9-11-26(12-10-18)21-8-5-13-29-21/h4-8,13-14,18-19,27H,3,9-12,15-16H2,1-2H3,(H2,23,24,25). The highest BCUT2D eigenvalue weighted by atomic mass is 32.1. The van der Waals surface area contributed by atoms with Crippen molar-refractivity contribution in [3.8, 4) is 5.75 Å². The summed E-state index contributed by atoms with van der Waals surface area (Å²) in [5.41, 5.74) is 1.14. The summed E-state index contributed by atoms with van der Waals surface area (Å²) in [6.07, 6.45) is 1.49. The lowest BCUT2D eigenvalue weighted by Gasteiger charge is -2.33. The van der Waals surface area contributed by atoms with Gasteiger partial charge in [-0.25, -0.2) is 0 Å². The molecule has 1 fully saturated rings. The van der Waals surface area contributed by atoms with Crippen LogP contribution < -0.4 is 20.3 Å². The molecule has 2 heterocycles. The van der Waals surface area contributed by atoms with E-state index in [1.54, 1.807) is 11.3 Å². The van der Waals surface area contributed by atoms with Crippen molar-refractivity contribution in [1.82, 2.24) is 10.6 Å². The normalized spacial score (nSPS) is 16.5. The van der Waals surface area contributed by atoms with Gasteiger partial charge in [0.05, 0.1) is 11.5 Å². The van der Waals surface area contributed by atoms with Crippen molar-refractivity contribution in [3.63, 3.8) is 0 Å². The first-order chi connectivity index (χ1) is 14.1. The number of anilines is 1. The topological polar surface area (TPSA) is 69.1 Å². The Balaban J connectivity index is 1.44. The number of hydrogen-bond donors (Lipinski definition) is 3. The van der Waals surface area contributed by atoms with Gasteiger partial charge >= 0.3 is 0 Å². The molecule has 6 nitrogen and oxygen atoms in total. The van der Waals surface area contributed by atoms with Crippen LogP contribution in [0.3, 0.4) is 0 Å². The number of nitrogens with zero attached hydrogens (tertiary/aromatic N) is 2. The van der Waals surface area contributed by atoms with Crippen molar-refractivity contribution in [3.05, 3.63) is 47.3 Å². The average molecular weight is 417 g/mol. The second kappa shape index (κ2) is 11.1. The van der Waals surface area contributed by atoms with Crippen molar-refractivity contribution in [2.45, 2.75) is 38.8 Å². The van der Waals surface area contributed by atoms with Crippen LogP contribution in [0, 0.1) is 6.92 Å². The van der Waals surface area contributed by atoms with E-state index in [0.717, 1.165) is 49.7 Å². The van der Waals surface area contributed by atoms with Gasteiger partial charge in [0.1, 0.15) is 18.5 Å². The van der Waals surface area contributed by atoms with E-state index < -0.39 is 6.10 Å². The summed E-state index contributed by atoms with van der Waals surface area (Å²) in [5, 5.41) is 20.5. The molecular formula is C22H32N4O2S. The molecule has 29 heavy (non-hydrogen) atoms. The van der Waals surface area contributed by atoms with Crippen LogP contribution in [0.1, 0.15) is 25.3 Å². The molecule has 0 bridgehead atoms. The van der Waals surface area contributed by atoms with Gasteiger partial charge < -0.3 is 25.4 Å². The van der Waals surface area contributed by atoms with Gasteiger partial charge in [-0.3, -0.25) is 4.99 Å². The Labute approximate surface area is 177 Å². The number of ether oxygens (including phenoxy) is 1. The number of benzene rings is 1. The van der Waals surface area contributed by atoms with Crippen LogP contribution in [0.4, 0.5) is 5.00 Å². The molecule has 7 heteroatoms. The van der Waals surface area contributed by atoms with E-state index in [0.29, 0.717) is 12.6 Å². The maximum Gasteiger partial charge on any atom is 0.191 e. The molecule has 0 aliphatic carbocycles. The molecule has 0 amide bonds. The van der Waals surface area contributed by atoms with Gasteiger partial charge in [-0.1, -0.05) is 12.1 Å². The first kappa shape index (κ1) is 21.5. The minimum Gasteiger partial charge on any atom is -0.491 e. The minimum absolute atomic E-state index is 0.228. The summed E-state index contributed by atoms with van der Waals surface area (Å²) in [6, 6.07) is 12.5. The second-order valence-electron chi connectivity index (χ2n) is 7.36. The van der Waals surface area contributed by atoms with Crippen molar-refractivity contribution in [2.75, 3.05) is 37.7 Å². The van der Waals surface area contributed by atoms with Crippen molar-refractivity contribution >= 4 is 22.3 Å². The van der Waals surface area contributed by atoms with Crippen LogP contribution in [-0.4, -0.2) is 56.0 Å². The molecule has 1 aliphatic heterocycles. The number of hydrogen-bond acceptors (Lipinski definition) is 5. The maximum absolute atomic E-state index is 10.2. The molecular weight excluding hydrogens is 384 g/mol. The molecule has 2 aromatic rings. The number of rotatable bonds is 8. The van der Waals surface area contributed by atoms with E-state index in [-0.39, 0.29) is 6.61 Å². The van der Waals surface area contributed by atoms with E-state index in [9.17, 15) is 5.11 Å². The van der Waals surface area contributed by atoms with Gasteiger partial charge in [0, 0.05) is 25.7 Å². The zero-order valence-electron chi connectivity index (χ0n) is 17.3. The number of guanidine groups is 1. The minimum atomic E-state index is -0.647.